The van der Waals surface area contributed by atoms with Gasteiger partial charge >= 0.3 is 6.09 Å². The van der Waals surface area contributed by atoms with Crippen LogP contribution in [0.1, 0.15) is 66.2 Å². The smallest absolute Gasteiger partial charge is 0.405 e. The van der Waals surface area contributed by atoms with E-state index in [1.165, 1.54) is 4.90 Å². The van der Waals surface area contributed by atoms with Crippen LogP contribution in [-0.2, 0) is 19.2 Å². The van der Waals surface area contributed by atoms with Crippen molar-refractivity contribution in [2.24, 2.45) is 16.6 Å². The van der Waals surface area contributed by atoms with Gasteiger partial charge in [-0.05, 0) is 49.9 Å². The number of nitrogens with one attached hydrogen (secondary N) is 2. The fraction of sp³-hybridized carbons (Fsp3) is 0.773. The van der Waals surface area contributed by atoms with Gasteiger partial charge in [-0.25, -0.2) is 13.6 Å². The molecule has 10 nitrogen and oxygen atoms in total. The van der Waals surface area contributed by atoms with Crippen LogP contribution in [0.4, 0.5) is 13.6 Å². The Kier molecular flexibility index (Phi) is 7.94. The van der Waals surface area contributed by atoms with Gasteiger partial charge in [0.25, 0.3) is 5.91 Å². The molecule has 1 saturated carbocycles. The maximum Gasteiger partial charge on any atom is 0.405 e. The molecule has 0 aromatic heterocycles. The highest BCUT2D eigenvalue weighted by molar-refractivity contribution is 6.37. The first kappa shape index (κ1) is 27.5. The summed E-state index contributed by atoms with van der Waals surface area (Å²) >= 11 is 0. The minimum atomic E-state index is -3.13. The Morgan fingerprint density at radius 3 is 2.12 bits per heavy atom. The average Bonchev–Trinajstić information content (AvgIpc) is 3.44. The first-order valence-corrected chi connectivity index (χ1v) is 11.3. The van der Waals surface area contributed by atoms with Crippen LogP contribution in [0.25, 0.3) is 0 Å². The van der Waals surface area contributed by atoms with Crippen LogP contribution >= 0.6 is 0 Å². The predicted molar refractivity (Wildman–Crippen MR) is 117 cm³/mol. The van der Waals surface area contributed by atoms with Crippen molar-refractivity contribution in [2.45, 2.75) is 90.3 Å². The Balaban J connectivity index is 2.29. The van der Waals surface area contributed by atoms with E-state index in [4.69, 9.17) is 5.73 Å². The maximum absolute atomic E-state index is 13.4. The van der Waals surface area contributed by atoms with Crippen molar-refractivity contribution >= 4 is 29.6 Å². The molecule has 0 aromatic rings. The summed E-state index contributed by atoms with van der Waals surface area (Å²) in [5, 5.41) is 13.8. The number of Topliss-reactive ketones (excluding diaryl/α,β-unsaturated/α-hetero) is 1. The summed E-state index contributed by atoms with van der Waals surface area (Å²) in [5.41, 5.74) is 4.10. The predicted octanol–water partition coefficient (Wildman–Crippen LogP) is 1.41. The fourth-order valence-corrected chi connectivity index (χ4v) is 4.31. The molecule has 0 aromatic carbocycles. The number of nitrogens with two attached hydrogens (primary N) is 1. The Labute approximate surface area is 197 Å². The molecule has 1 saturated heterocycles. The number of primary amides is 1. The van der Waals surface area contributed by atoms with Gasteiger partial charge in [0, 0.05) is 13.0 Å². The van der Waals surface area contributed by atoms with Crippen molar-refractivity contribution in [3.8, 4) is 0 Å². The van der Waals surface area contributed by atoms with E-state index < -0.39 is 71.9 Å². The lowest BCUT2D eigenvalue weighted by atomic mass is 9.82. The van der Waals surface area contributed by atoms with Crippen LogP contribution in [-0.4, -0.2) is 70.2 Å². The molecule has 0 unspecified atom stereocenters. The van der Waals surface area contributed by atoms with E-state index >= 15 is 0 Å². The van der Waals surface area contributed by atoms with Gasteiger partial charge in [0.15, 0.2) is 0 Å². The van der Waals surface area contributed by atoms with Crippen LogP contribution < -0.4 is 16.4 Å². The number of carbonyl (C=O) groups is 5. The van der Waals surface area contributed by atoms with Crippen LogP contribution in [0.15, 0.2) is 0 Å². The van der Waals surface area contributed by atoms with E-state index in [0.717, 1.165) is 12.8 Å². The summed E-state index contributed by atoms with van der Waals surface area (Å²) in [7, 11) is 0. The molecule has 192 valence electrons. The average molecular weight is 489 g/mol. The summed E-state index contributed by atoms with van der Waals surface area (Å²) in [4.78, 5) is 62.9. The lowest BCUT2D eigenvalue weighted by Gasteiger charge is -2.42. The zero-order valence-electron chi connectivity index (χ0n) is 20.0. The Morgan fingerprint density at radius 2 is 1.68 bits per heavy atom. The molecule has 2 fully saturated rings. The monoisotopic (exact) mass is 488 g/mol. The topological polar surface area (TPSA) is 159 Å². The van der Waals surface area contributed by atoms with Crippen LogP contribution in [0, 0.1) is 10.8 Å². The second-order valence-corrected chi connectivity index (χ2v) is 10.6. The highest BCUT2D eigenvalue weighted by Crippen LogP contribution is 2.55. The molecule has 5 N–H and O–H groups in total. The number of hydrogen-bond acceptors (Lipinski definition) is 5. The van der Waals surface area contributed by atoms with Gasteiger partial charge in [-0.15, -0.1) is 0 Å². The van der Waals surface area contributed by atoms with E-state index in [1.807, 2.05) is 0 Å². The third-order valence-electron chi connectivity index (χ3n) is 6.56. The first-order chi connectivity index (χ1) is 15.5. The van der Waals surface area contributed by atoms with E-state index in [9.17, 15) is 37.9 Å². The standard InChI is InChI=1S/C22H34F2N4O6/c1-20(2,3)15(27-19(33)34)18(32)28-10-9-22(7-8-22)11-13(28)17(31)26-12(14(29)16(25)30)5-6-21(4,23)24/h12-13,15,27H,5-11H2,1-4H3,(H2,25,30)(H,26,31)(H,33,34)/t12-,13-,15+/m0/s1. The van der Waals surface area contributed by atoms with Gasteiger partial charge in [0.05, 0.1) is 6.04 Å². The number of amides is 4. The van der Waals surface area contributed by atoms with E-state index in [2.05, 4.69) is 10.6 Å². The molecule has 1 heterocycles. The molecule has 2 aliphatic rings. The normalized spacial score (nSPS) is 21.4. The molecule has 0 bridgehead atoms. The molecule has 4 amide bonds. The lowest BCUT2D eigenvalue weighted by Crippen LogP contribution is -2.62. The number of carboxylic acid groups (broad SMARTS) is 1. The van der Waals surface area contributed by atoms with Crippen LogP contribution in [0.3, 0.4) is 0 Å². The number of carbonyl (C=O) groups excluding carboxylic acids is 4. The summed E-state index contributed by atoms with van der Waals surface area (Å²) in [6.45, 7) is 5.89. The van der Waals surface area contributed by atoms with Gasteiger partial charge in [-0.2, -0.15) is 0 Å². The number of halogens is 2. The molecular weight excluding hydrogens is 454 g/mol. The quantitative estimate of drug-likeness (QED) is 0.359. The van der Waals surface area contributed by atoms with Gasteiger partial charge in [-0.3, -0.25) is 19.2 Å². The van der Waals surface area contributed by atoms with E-state index in [-0.39, 0.29) is 18.4 Å². The number of likely N-dealkylation sites (tertiary alicyclic amines) is 1. The summed E-state index contributed by atoms with van der Waals surface area (Å²) in [5.74, 6) is -7.05. The number of rotatable bonds is 9. The second kappa shape index (κ2) is 9.83. The number of piperidine rings is 1. The highest BCUT2D eigenvalue weighted by atomic mass is 19.3. The third-order valence-corrected chi connectivity index (χ3v) is 6.56. The van der Waals surface area contributed by atoms with E-state index in [0.29, 0.717) is 13.3 Å². The van der Waals surface area contributed by atoms with Crippen molar-refractivity contribution in [1.82, 2.24) is 15.5 Å². The van der Waals surface area contributed by atoms with Crippen molar-refractivity contribution in [3.63, 3.8) is 0 Å². The third kappa shape index (κ3) is 7.10. The van der Waals surface area contributed by atoms with Crippen LogP contribution in [0.5, 0.6) is 0 Å². The maximum atomic E-state index is 13.4. The Bertz CT molecular complexity index is 847. The minimum absolute atomic E-state index is 0.129. The number of ketones is 1. The molecule has 2 rings (SSSR count). The SMILES string of the molecule is CC(F)(F)CC[C@H](NC(=O)[C@@H]1CC2(CCN1C(=O)[C@@H](NC(=O)O)C(C)(C)C)CC2)C(=O)C(N)=O. The van der Waals surface area contributed by atoms with Gasteiger partial charge in [-0.1, -0.05) is 20.8 Å². The molecule has 34 heavy (non-hydrogen) atoms. The van der Waals surface area contributed by atoms with Crippen molar-refractivity contribution in [3.05, 3.63) is 0 Å². The summed E-state index contributed by atoms with van der Waals surface area (Å²) in [6.07, 6.45) is -0.0101. The minimum Gasteiger partial charge on any atom is -0.465 e. The van der Waals surface area contributed by atoms with Gasteiger partial charge in [0.2, 0.25) is 23.5 Å². The molecule has 3 atom stereocenters. The van der Waals surface area contributed by atoms with Gasteiger partial charge in [0.1, 0.15) is 12.1 Å². The first-order valence-electron chi connectivity index (χ1n) is 11.3. The van der Waals surface area contributed by atoms with Crippen molar-refractivity contribution < 1.29 is 37.9 Å². The number of hydrogen-bond donors (Lipinski definition) is 4. The fourth-order valence-electron chi connectivity index (χ4n) is 4.31. The second-order valence-electron chi connectivity index (χ2n) is 10.6. The largest absolute Gasteiger partial charge is 0.465 e. The van der Waals surface area contributed by atoms with Gasteiger partial charge < -0.3 is 26.4 Å². The zero-order chi connectivity index (χ0) is 26.1. The molecule has 0 radical (unpaired) electrons. The van der Waals surface area contributed by atoms with Crippen LogP contribution in [0.2, 0.25) is 0 Å². The van der Waals surface area contributed by atoms with Crippen molar-refractivity contribution in [2.75, 3.05) is 6.54 Å². The lowest BCUT2D eigenvalue weighted by molar-refractivity contribution is -0.148. The molecule has 1 spiro atoms. The molecular formula is C22H34F2N4O6. The summed E-state index contributed by atoms with van der Waals surface area (Å²) in [6, 6.07) is -3.75. The van der Waals surface area contributed by atoms with E-state index in [1.54, 1.807) is 20.8 Å². The Morgan fingerprint density at radius 1 is 1.09 bits per heavy atom. The summed E-state index contributed by atoms with van der Waals surface area (Å²) < 4.78 is 26.7. The zero-order valence-corrected chi connectivity index (χ0v) is 20.0. The van der Waals surface area contributed by atoms with Crippen molar-refractivity contribution in [1.29, 1.82) is 0 Å². The molecule has 12 heteroatoms. The number of alkyl halides is 2. The Hall–Kier alpha value is -2.79. The molecule has 1 aliphatic heterocycles. The number of nitrogens with zero attached hydrogens (tertiary/aromatic N) is 1. The highest BCUT2D eigenvalue weighted by Gasteiger charge is 2.52. The molecule has 1 aliphatic carbocycles.